The molecule has 4 rings (SSSR count). The number of nitrogens with zero attached hydrogens (tertiary/aromatic N) is 1. The van der Waals surface area contributed by atoms with Crippen LogP contribution in [-0.2, 0) is 16.0 Å². The molecule has 0 saturated carbocycles. The van der Waals surface area contributed by atoms with E-state index in [9.17, 15) is 9.59 Å². The number of para-hydroxylation sites is 2. The molecule has 1 aliphatic rings. The Bertz CT molecular complexity index is 1100. The van der Waals surface area contributed by atoms with Gasteiger partial charge in [0.1, 0.15) is 11.4 Å². The molecule has 1 aromatic heterocycles. The molecule has 0 atom stereocenters. The summed E-state index contributed by atoms with van der Waals surface area (Å²) in [6.45, 7) is 4.47. The summed E-state index contributed by atoms with van der Waals surface area (Å²) < 4.78 is 5.68. The van der Waals surface area contributed by atoms with Gasteiger partial charge in [0.15, 0.2) is 0 Å². The average molecular weight is 419 g/mol. The van der Waals surface area contributed by atoms with Gasteiger partial charge in [-0.2, -0.15) is 0 Å². The third-order valence-electron chi connectivity index (χ3n) is 4.90. The molecule has 0 radical (unpaired) electrons. The first-order valence-corrected chi connectivity index (χ1v) is 10.8. The van der Waals surface area contributed by atoms with Gasteiger partial charge in [-0.1, -0.05) is 37.3 Å². The summed E-state index contributed by atoms with van der Waals surface area (Å²) in [5, 5.41) is 5.08. The second-order valence-corrected chi connectivity index (χ2v) is 7.69. The van der Waals surface area contributed by atoms with Gasteiger partial charge in [0, 0.05) is 4.88 Å². The highest BCUT2D eigenvalue weighted by Crippen LogP contribution is 2.37. The van der Waals surface area contributed by atoms with Crippen molar-refractivity contribution in [1.82, 2.24) is 0 Å². The van der Waals surface area contributed by atoms with E-state index in [-0.39, 0.29) is 17.5 Å². The normalized spacial score (nSPS) is 13.9. The van der Waals surface area contributed by atoms with E-state index >= 15 is 0 Å². The summed E-state index contributed by atoms with van der Waals surface area (Å²) in [5.41, 5.74) is 2.99. The van der Waals surface area contributed by atoms with Crippen LogP contribution in [-0.4, -0.2) is 18.4 Å². The predicted molar refractivity (Wildman–Crippen MR) is 121 cm³/mol. The lowest BCUT2D eigenvalue weighted by molar-refractivity contribution is -0.120. The molecule has 2 amide bonds. The average Bonchev–Trinajstić information content (AvgIpc) is 3.37. The van der Waals surface area contributed by atoms with Gasteiger partial charge in [-0.3, -0.25) is 9.59 Å². The van der Waals surface area contributed by atoms with E-state index in [0.29, 0.717) is 29.3 Å². The standard InChI is InChI=1S/C24H22N2O3S/c1-3-16-11-13-17(14-12-16)26-23(27)21(20-10-7-15-30-20)22(24(26)28)25-18-8-5-6-9-19(18)29-4-2/h5-15,25H,3-4H2,1-2H3. The zero-order valence-corrected chi connectivity index (χ0v) is 17.7. The first-order chi connectivity index (χ1) is 14.6. The highest BCUT2D eigenvalue weighted by Gasteiger charge is 2.40. The Morgan fingerprint density at radius 3 is 2.37 bits per heavy atom. The molecule has 5 nitrogen and oxygen atoms in total. The number of rotatable bonds is 7. The lowest BCUT2D eigenvalue weighted by atomic mass is 10.1. The predicted octanol–water partition coefficient (Wildman–Crippen LogP) is 5.11. The molecule has 6 heteroatoms. The molecule has 3 aromatic rings. The fourth-order valence-electron chi connectivity index (χ4n) is 3.40. The maximum atomic E-state index is 13.4. The SMILES string of the molecule is CCOc1ccccc1NC1=C(c2cccs2)C(=O)N(c2ccc(CC)cc2)C1=O. The van der Waals surface area contributed by atoms with E-state index in [4.69, 9.17) is 4.74 Å². The first kappa shape index (κ1) is 19.9. The van der Waals surface area contributed by atoms with Crippen LogP contribution in [0.3, 0.4) is 0 Å². The zero-order chi connectivity index (χ0) is 21.1. The molecule has 152 valence electrons. The Labute approximate surface area is 179 Å². The second kappa shape index (κ2) is 8.55. The van der Waals surface area contributed by atoms with Gasteiger partial charge in [0.05, 0.1) is 23.6 Å². The van der Waals surface area contributed by atoms with Crippen molar-refractivity contribution in [3.8, 4) is 5.75 Å². The molecule has 1 N–H and O–H groups in total. The van der Waals surface area contributed by atoms with Gasteiger partial charge in [-0.05, 0) is 54.6 Å². The summed E-state index contributed by atoms with van der Waals surface area (Å²) >= 11 is 1.43. The number of amides is 2. The minimum atomic E-state index is -0.376. The number of aryl methyl sites for hydroxylation is 1. The zero-order valence-electron chi connectivity index (χ0n) is 16.8. The van der Waals surface area contributed by atoms with Crippen LogP contribution in [0.1, 0.15) is 24.3 Å². The highest BCUT2D eigenvalue weighted by molar-refractivity contribution is 7.11. The number of benzene rings is 2. The van der Waals surface area contributed by atoms with E-state index < -0.39 is 0 Å². The summed E-state index contributed by atoms with van der Waals surface area (Å²) in [4.78, 5) is 28.7. The summed E-state index contributed by atoms with van der Waals surface area (Å²) in [5.74, 6) is -0.0777. The minimum absolute atomic E-state index is 0.258. The molecular formula is C24H22N2O3S. The summed E-state index contributed by atoms with van der Waals surface area (Å²) in [6, 6.07) is 18.6. The summed E-state index contributed by atoms with van der Waals surface area (Å²) in [6.07, 6.45) is 0.891. The van der Waals surface area contributed by atoms with Crippen LogP contribution in [0.4, 0.5) is 11.4 Å². The van der Waals surface area contributed by atoms with Crippen LogP contribution in [0.15, 0.2) is 71.7 Å². The van der Waals surface area contributed by atoms with Crippen LogP contribution in [0.25, 0.3) is 5.57 Å². The number of carbonyl (C=O) groups is 2. The topological polar surface area (TPSA) is 58.6 Å². The Balaban J connectivity index is 1.77. The van der Waals surface area contributed by atoms with Crippen LogP contribution in [0.5, 0.6) is 5.75 Å². The number of carbonyl (C=O) groups excluding carboxylic acids is 2. The van der Waals surface area contributed by atoms with Crippen molar-refractivity contribution in [2.24, 2.45) is 0 Å². The Hall–Kier alpha value is -3.38. The molecule has 2 heterocycles. The second-order valence-electron chi connectivity index (χ2n) is 6.75. The van der Waals surface area contributed by atoms with Gasteiger partial charge < -0.3 is 10.1 Å². The number of imide groups is 1. The molecule has 1 aliphatic heterocycles. The molecule has 0 bridgehead atoms. The molecule has 0 spiro atoms. The molecule has 0 saturated heterocycles. The van der Waals surface area contributed by atoms with E-state index in [2.05, 4.69) is 12.2 Å². The number of thiophene rings is 1. The molecule has 2 aromatic carbocycles. The van der Waals surface area contributed by atoms with Gasteiger partial charge in [0.2, 0.25) is 0 Å². The molecule has 0 fully saturated rings. The van der Waals surface area contributed by atoms with Crippen molar-refractivity contribution < 1.29 is 14.3 Å². The van der Waals surface area contributed by atoms with Crippen molar-refractivity contribution in [1.29, 1.82) is 0 Å². The van der Waals surface area contributed by atoms with Crippen molar-refractivity contribution in [3.63, 3.8) is 0 Å². The van der Waals surface area contributed by atoms with E-state index in [1.165, 1.54) is 16.2 Å². The van der Waals surface area contributed by atoms with Crippen molar-refractivity contribution in [2.75, 3.05) is 16.8 Å². The van der Waals surface area contributed by atoms with E-state index in [0.717, 1.165) is 16.9 Å². The third kappa shape index (κ3) is 3.62. The van der Waals surface area contributed by atoms with Crippen LogP contribution < -0.4 is 15.0 Å². The quantitative estimate of drug-likeness (QED) is 0.542. The number of ether oxygens (including phenoxy) is 1. The van der Waals surface area contributed by atoms with Crippen LogP contribution in [0.2, 0.25) is 0 Å². The number of nitrogens with one attached hydrogen (secondary N) is 1. The summed E-state index contributed by atoms with van der Waals surface area (Å²) in [7, 11) is 0. The fourth-order valence-corrected chi connectivity index (χ4v) is 4.16. The number of hydrogen-bond acceptors (Lipinski definition) is 5. The molecule has 0 aliphatic carbocycles. The Kier molecular flexibility index (Phi) is 5.68. The van der Waals surface area contributed by atoms with Crippen LogP contribution in [0, 0.1) is 0 Å². The Morgan fingerprint density at radius 2 is 1.70 bits per heavy atom. The van der Waals surface area contributed by atoms with Crippen molar-refractivity contribution in [3.05, 3.63) is 82.2 Å². The lowest BCUT2D eigenvalue weighted by Gasteiger charge is -2.16. The van der Waals surface area contributed by atoms with Gasteiger partial charge in [-0.15, -0.1) is 11.3 Å². The van der Waals surface area contributed by atoms with Gasteiger partial charge >= 0.3 is 0 Å². The van der Waals surface area contributed by atoms with Gasteiger partial charge in [0.25, 0.3) is 11.8 Å². The van der Waals surface area contributed by atoms with Gasteiger partial charge in [-0.25, -0.2) is 4.90 Å². The maximum absolute atomic E-state index is 13.4. The molecule has 0 unspecified atom stereocenters. The number of hydrogen-bond donors (Lipinski definition) is 1. The highest BCUT2D eigenvalue weighted by atomic mass is 32.1. The maximum Gasteiger partial charge on any atom is 0.282 e. The lowest BCUT2D eigenvalue weighted by Crippen LogP contribution is -2.32. The Morgan fingerprint density at radius 1 is 0.933 bits per heavy atom. The molecular weight excluding hydrogens is 396 g/mol. The van der Waals surface area contributed by atoms with Crippen molar-refractivity contribution in [2.45, 2.75) is 20.3 Å². The first-order valence-electron chi connectivity index (χ1n) is 9.88. The largest absolute Gasteiger partial charge is 0.492 e. The fraction of sp³-hybridized carbons (Fsp3) is 0.167. The smallest absolute Gasteiger partial charge is 0.282 e. The van der Waals surface area contributed by atoms with E-state index in [1.807, 2.05) is 73.0 Å². The number of anilines is 2. The minimum Gasteiger partial charge on any atom is -0.492 e. The molecule has 30 heavy (non-hydrogen) atoms. The van der Waals surface area contributed by atoms with Crippen LogP contribution >= 0.6 is 11.3 Å². The monoisotopic (exact) mass is 418 g/mol. The third-order valence-corrected chi connectivity index (χ3v) is 5.79. The van der Waals surface area contributed by atoms with E-state index in [1.54, 1.807) is 0 Å². The van der Waals surface area contributed by atoms with Crippen molar-refractivity contribution >= 4 is 40.1 Å².